The minimum absolute atomic E-state index is 0.189. The molecular formula is C33H39N5O4S. The molecule has 43 heavy (non-hydrogen) atoms. The predicted octanol–water partition coefficient (Wildman–Crippen LogP) is 5.16. The van der Waals surface area contributed by atoms with Crippen LogP contribution >= 0.6 is 0 Å². The summed E-state index contributed by atoms with van der Waals surface area (Å²) < 4.78 is 28.5. The van der Waals surface area contributed by atoms with E-state index in [1.807, 2.05) is 71.4 Å². The van der Waals surface area contributed by atoms with Gasteiger partial charge in [0, 0.05) is 32.7 Å². The van der Waals surface area contributed by atoms with Crippen molar-refractivity contribution in [3.63, 3.8) is 0 Å². The number of hydrogen-bond donors (Lipinski definition) is 1. The topological polar surface area (TPSA) is 105 Å². The largest absolute Gasteiger partial charge is 0.593 e. The highest BCUT2D eigenvalue weighted by atomic mass is 32.2. The summed E-state index contributed by atoms with van der Waals surface area (Å²) in [5.41, 5.74) is 4.87. The maximum absolute atomic E-state index is 13.5. The lowest BCUT2D eigenvalue weighted by Crippen LogP contribution is -2.36. The molecule has 2 aliphatic rings. The maximum atomic E-state index is 13.5. The van der Waals surface area contributed by atoms with Gasteiger partial charge in [0.2, 0.25) is 0 Å². The van der Waals surface area contributed by atoms with E-state index in [-0.39, 0.29) is 18.1 Å². The summed E-state index contributed by atoms with van der Waals surface area (Å²) in [6.07, 6.45) is 5.42. The normalized spacial score (nSPS) is 16.7. The Morgan fingerprint density at radius 3 is 2.44 bits per heavy atom. The van der Waals surface area contributed by atoms with Crippen molar-refractivity contribution >= 4 is 34.0 Å². The molecule has 0 bridgehead atoms. The first kappa shape index (κ1) is 29.6. The Bertz CT molecular complexity index is 1500. The van der Waals surface area contributed by atoms with Crippen LogP contribution in [0.25, 0.3) is 16.7 Å². The number of piperidine rings is 1. The van der Waals surface area contributed by atoms with E-state index in [4.69, 9.17) is 19.6 Å². The van der Waals surface area contributed by atoms with E-state index in [2.05, 4.69) is 9.62 Å². The number of carbonyl (C=O) groups excluding carboxylic acids is 1. The van der Waals surface area contributed by atoms with Crippen molar-refractivity contribution in [3.8, 4) is 5.69 Å². The number of nitrogens with one attached hydrogen (secondary N) is 1. The highest BCUT2D eigenvalue weighted by molar-refractivity contribution is 7.90. The molecule has 9 nitrogen and oxygen atoms in total. The molecule has 1 amide bonds. The van der Waals surface area contributed by atoms with Crippen LogP contribution in [0, 0.1) is 5.92 Å². The molecule has 1 saturated heterocycles. The third-order valence-corrected chi connectivity index (χ3v) is 9.41. The van der Waals surface area contributed by atoms with E-state index in [0.717, 1.165) is 73.4 Å². The summed E-state index contributed by atoms with van der Waals surface area (Å²) in [6.45, 7) is 3.18. The van der Waals surface area contributed by atoms with Gasteiger partial charge >= 0.3 is 5.91 Å². The van der Waals surface area contributed by atoms with Gasteiger partial charge in [0.25, 0.3) is 0 Å². The van der Waals surface area contributed by atoms with Gasteiger partial charge in [-0.25, -0.2) is 9.67 Å². The number of amides is 1. The molecule has 4 aromatic rings. The summed E-state index contributed by atoms with van der Waals surface area (Å²) in [5, 5.41) is 6.14. The quantitative estimate of drug-likeness (QED) is 0.177. The Balaban J connectivity index is 1.28. The van der Waals surface area contributed by atoms with Crippen LogP contribution in [0.15, 0.2) is 66.7 Å². The molecule has 0 spiro atoms. The minimum atomic E-state index is -1.61. The first-order chi connectivity index (χ1) is 21.1. The second-order valence-corrected chi connectivity index (χ2v) is 12.7. The average molecular weight is 602 g/mol. The number of fused-ring (bicyclic) bond motifs is 1. The predicted molar refractivity (Wildman–Crippen MR) is 169 cm³/mol. The fourth-order valence-electron chi connectivity index (χ4n) is 5.89. The van der Waals surface area contributed by atoms with Crippen LogP contribution in [-0.2, 0) is 27.4 Å². The lowest BCUT2D eigenvalue weighted by molar-refractivity contribution is 0.0975. The molecule has 6 rings (SSSR count). The molecule has 1 aliphatic carbocycles. The zero-order valence-electron chi connectivity index (χ0n) is 24.6. The van der Waals surface area contributed by atoms with Crippen molar-refractivity contribution in [3.05, 3.63) is 83.7 Å². The molecule has 1 saturated carbocycles. The van der Waals surface area contributed by atoms with Crippen molar-refractivity contribution in [2.24, 2.45) is 5.92 Å². The molecule has 1 aliphatic heterocycles. The Morgan fingerprint density at radius 1 is 1.05 bits per heavy atom. The van der Waals surface area contributed by atoms with E-state index >= 15 is 0 Å². The maximum Gasteiger partial charge on any atom is 0.310 e. The third-order valence-electron chi connectivity index (χ3n) is 8.46. The minimum Gasteiger partial charge on any atom is -0.593 e. The monoisotopic (exact) mass is 601 g/mol. The summed E-state index contributed by atoms with van der Waals surface area (Å²) in [7, 11) is 1.76. The zero-order valence-corrected chi connectivity index (χ0v) is 25.4. The highest BCUT2D eigenvalue weighted by Gasteiger charge is 2.32. The Labute approximate surface area is 255 Å². The smallest absolute Gasteiger partial charge is 0.310 e. The second-order valence-electron chi connectivity index (χ2n) is 11.4. The van der Waals surface area contributed by atoms with Gasteiger partial charge in [0.1, 0.15) is 5.69 Å². The van der Waals surface area contributed by atoms with Gasteiger partial charge in [0.15, 0.2) is 11.4 Å². The lowest BCUT2D eigenvalue weighted by Gasteiger charge is -2.34. The van der Waals surface area contributed by atoms with Crippen LogP contribution < -0.4 is 9.62 Å². The number of benzene rings is 2. The molecule has 1 unspecified atom stereocenters. The lowest BCUT2D eigenvalue weighted by atomic mass is 9.82. The Hall–Kier alpha value is -3.44. The number of anilines is 1. The van der Waals surface area contributed by atoms with Crippen molar-refractivity contribution < 1.29 is 18.8 Å². The molecule has 1 atom stereocenters. The number of nitrogens with zero attached hydrogens (tertiary/aromatic N) is 4. The fourth-order valence-corrected chi connectivity index (χ4v) is 6.57. The molecule has 2 aromatic heterocycles. The first-order valence-electron chi connectivity index (χ1n) is 15.1. The van der Waals surface area contributed by atoms with Crippen molar-refractivity contribution in [1.82, 2.24) is 19.5 Å². The average Bonchev–Trinajstić information content (AvgIpc) is 3.38. The number of carbonyl (C=O) groups is 1. The number of rotatable bonds is 12. The van der Waals surface area contributed by atoms with Gasteiger partial charge in [-0.15, -0.1) is 0 Å². The molecule has 3 heterocycles. The molecule has 226 valence electrons. The van der Waals surface area contributed by atoms with Gasteiger partial charge in [-0.2, -0.15) is 9.82 Å². The van der Waals surface area contributed by atoms with Gasteiger partial charge in [0.05, 0.1) is 47.0 Å². The summed E-state index contributed by atoms with van der Waals surface area (Å²) >= 11 is -1.61. The van der Waals surface area contributed by atoms with Gasteiger partial charge in [-0.1, -0.05) is 55.0 Å². The molecular weight excluding hydrogens is 562 g/mol. The second kappa shape index (κ2) is 13.9. The number of pyridine rings is 1. The van der Waals surface area contributed by atoms with E-state index in [1.54, 1.807) is 7.11 Å². The molecule has 2 fully saturated rings. The number of aromatic nitrogens is 3. The Kier molecular flexibility index (Phi) is 9.58. The van der Waals surface area contributed by atoms with Crippen LogP contribution in [0.4, 0.5) is 5.69 Å². The van der Waals surface area contributed by atoms with Gasteiger partial charge in [-0.05, 0) is 55.4 Å². The van der Waals surface area contributed by atoms with Crippen LogP contribution in [0.5, 0.6) is 0 Å². The standard InChI is InChI=1S/C33H39N5O4S/c1-41-22-25-15-17-37(18-16-25)29-21-28(33(39)36-43(40)20-19-42-23-24-9-4-2-5-10-24)34-32-30(29)31(26-11-8-12-26)35-38(32)27-13-6-3-7-14-27/h2-7,9-10,13-14,21,25-26H,8,11-12,15-20,22-23H2,1H3,(H,36,39). The third kappa shape index (κ3) is 6.88. The first-order valence-corrected chi connectivity index (χ1v) is 16.5. The molecule has 0 radical (unpaired) electrons. The SMILES string of the molecule is COCC1CCN(c2cc(C(=O)N[S+]([O-])CCOCc3ccccc3)nc3c2c(C2CCC2)nn3-c2ccccc2)CC1. The highest BCUT2D eigenvalue weighted by Crippen LogP contribution is 2.43. The van der Waals surface area contributed by atoms with Crippen LogP contribution in [-0.4, -0.2) is 64.4 Å². The summed E-state index contributed by atoms with van der Waals surface area (Å²) in [4.78, 5) is 20.7. The van der Waals surface area contributed by atoms with Crippen LogP contribution in [0.2, 0.25) is 0 Å². The number of para-hydroxylation sites is 1. The van der Waals surface area contributed by atoms with Gasteiger partial charge in [-0.3, -0.25) is 4.79 Å². The number of hydrogen-bond acceptors (Lipinski definition) is 7. The van der Waals surface area contributed by atoms with E-state index in [0.29, 0.717) is 24.1 Å². The van der Waals surface area contributed by atoms with Crippen molar-refractivity contribution in [1.29, 1.82) is 0 Å². The fraction of sp³-hybridized carbons (Fsp3) is 0.424. The number of methoxy groups -OCH3 is 1. The molecule has 1 N–H and O–H groups in total. The van der Waals surface area contributed by atoms with Crippen molar-refractivity contribution in [2.45, 2.75) is 44.6 Å². The summed E-state index contributed by atoms with van der Waals surface area (Å²) in [6, 6.07) is 21.6. The molecule has 10 heteroatoms. The van der Waals surface area contributed by atoms with Crippen LogP contribution in [0.3, 0.4) is 0 Å². The van der Waals surface area contributed by atoms with Crippen molar-refractivity contribution in [2.75, 3.05) is 44.1 Å². The summed E-state index contributed by atoms with van der Waals surface area (Å²) in [5.74, 6) is 0.618. The Morgan fingerprint density at radius 2 is 1.77 bits per heavy atom. The van der Waals surface area contributed by atoms with E-state index < -0.39 is 17.3 Å². The molecule has 2 aromatic carbocycles. The van der Waals surface area contributed by atoms with Gasteiger partial charge < -0.3 is 18.9 Å². The van der Waals surface area contributed by atoms with Crippen LogP contribution in [0.1, 0.15) is 59.8 Å². The van der Waals surface area contributed by atoms with E-state index in [1.165, 1.54) is 6.42 Å². The zero-order chi connectivity index (χ0) is 29.6. The van der Waals surface area contributed by atoms with E-state index in [9.17, 15) is 9.35 Å². The number of ether oxygens (including phenoxy) is 2.